The summed E-state index contributed by atoms with van der Waals surface area (Å²) in [5.74, 6) is 0. The molecule has 0 N–H and O–H groups in total. The molecule has 242 valence electrons. The Kier molecular flexibility index (Phi) is 5.65. The van der Waals surface area contributed by atoms with Gasteiger partial charge in [-0.25, -0.2) is 0 Å². The molecule has 0 atom stereocenters. The van der Waals surface area contributed by atoms with Gasteiger partial charge in [-0.15, -0.1) is 11.3 Å². The summed E-state index contributed by atoms with van der Waals surface area (Å²) in [6.07, 6.45) is 0. The van der Waals surface area contributed by atoms with Gasteiger partial charge in [-0.05, 0) is 89.0 Å². The van der Waals surface area contributed by atoms with E-state index in [9.17, 15) is 0 Å². The minimum absolute atomic E-state index is 0.880. The third kappa shape index (κ3) is 3.90. The fourth-order valence-corrected chi connectivity index (χ4v) is 9.65. The third-order valence-electron chi connectivity index (χ3n) is 10.8. The maximum absolute atomic E-state index is 6.68. The van der Waals surface area contributed by atoms with Crippen LogP contribution in [-0.4, -0.2) is 4.57 Å². The number of rotatable bonds is 3. The molecule has 0 aliphatic heterocycles. The van der Waals surface area contributed by atoms with Crippen molar-refractivity contribution < 1.29 is 8.83 Å². The number of para-hydroxylation sites is 2. The van der Waals surface area contributed by atoms with Gasteiger partial charge >= 0.3 is 0 Å². The van der Waals surface area contributed by atoms with Gasteiger partial charge < -0.3 is 13.4 Å². The van der Waals surface area contributed by atoms with E-state index in [1.807, 2.05) is 23.5 Å². The molecule has 0 spiro atoms. The highest BCUT2D eigenvalue weighted by atomic mass is 32.1. The van der Waals surface area contributed by atoms with Gasteiger partial charge in [0.2, 0.25) is 0 Å². The van der Waals surface area contributed by atoms with E-state index in [-0.39, 0.29) is 0 Å². The molecular weight excluding hydrogens is 655 g/mol. The van der Waals surface area contributed by atoms with E-state index < -0.39 is 0 Å². The Hall–Kier alpha value is -6.62. The third-order valence-corrected chi connectivity index (χ3v) is 12.0. The Labute approximate surface area is 301 Å². The van der Waals surface area contributed by atoms with Gasteiger partial charge in [-0.2, -0.15) is 0 Å². The number of aromatic nitrogens is 1. The molecule has 3 nitrogen and oxygen atoms in total. The van der Waals surface area contributed by atoms with E-state index in [4.69, 9.17) is 8.83 Å². The quantitative estimate of drug-likeness (QED) is 0.186. The van der Waals surface area contributed by atoms with E-state index >= 15 is 0 Å². The van der Waals surface area contributed by atoms with E-state index in [0.717, 1.165) is 60.6 Å². The highest BCUT2D eigenvalue weighted by molar-refractivity contribution is 7.25. The van der Waals surface area contributed by atoms with Crippen LogP contribution >= 0.6 is 11.3 Å². The molecule has 12 rings (SSSR count). The topological polar surface area (TPSA) is 31.2 Å². The first-order chi connectivity index (χ1) is 25.8. The van der Waals surface area contributed by atoms with Crippen LogP contribution in [0.2, 0.25) is 0 Å². The first-order valence-corrected chi connectivity index (χ1v) is 18.4. The number of hydrogen-bond donors (Lipinski definition) is 0. The maximum Gasteiger partial charge on any atom is 0.137 e. The van der Waals surface area contributed by atoms with Crippen molar-refractivity contribution >= 4 is 97.2 Å². The Morgan fingerprint density at radius 2 is 1.02 bits per heavy atom. The number of nitrogens with zero attached hydrogens (tertiary/aromatic N) is 1. The van der Waals surface area contributed by atoms with Crippen molar-refractivity contribution in [2.24, 2.45) is 0 Å². The number of benzene rings is 8. The Balaban J connectivity index is 1.03. The molecule has 8 aromatic carbocycles. The summed E-state index contributed by atoms with van der Waals surface area (Å²) in [4.78, 5) is 0. The van der Waals surface area contributed by atoms with Crippen molar-refractivity contribution in [1.29, 1.82) is 0 Å². The minimum atomic E-state index is 0.880. The van der Waals surface area contributed by atoms with Gasteiger partial charge in [0.05, 0.1) is 11.0 Å². The number of fused-ring (bicyclic) bond motifs is 12. The van der Waals surface area contributed by atoms with Gasteiger partial charge in [0, 0.05) is 64.2 Å². The van der Waals surface area contributed by atoms with Gasteiger partial charge in [-0.3, -0.25) is 0 Å². The molecule has 4 aromatic heterocycles. The summed E-state index contributed by atoms with van der Waals surface area (Å²) < 4.78 is 17.8. The normalized spacial score (nSPS) is 12.2. The Morgan fingerprint density at radius 1 is 0.365 bits per heavy atom. The van der Waals surface area contributed by atoms with Crippen molar-refractivity contribution in [3.63, 3.8) is 0 Å². The molecule has 0 radical (unpaired) electrons. The molecule has 0 saturated heterocycles. The van der Waals surface area contributed by atoms with Crippen molar-refractivity contribution in [2.45, 2.75) is 0 Å². The maximum atomic E-state index is 6.68. The second kappa shape index (κ2) is 10.5. The summed E-state index contributed by atoms with van der Waals surface area (Å²) in [6, 6.07) is 58.8. The van der Waals surface area contributed by atoms with Crippen molar-refractivity contribution in [1.82, 2.24) is 4.57 Å². The van der Waals surface area contributed by atoms with Gasteiger partial charge in [0.15, 0.2) is 0 Å². The zero-order valence-electron chi connectivity index (χ0n) is 27.8. The van der Waals surface area contributed by atoms with E-state index in [2.05, 4.69) is 156 Å². The lowest BCUT2D eigenvalue weighted by atomic mass is 9.95. The molecule has 52 heavy (non-hydrogen) atoms. The Morgan fingerprint density at radius 3 is 1.94 bits per heavy atom. The molecule has 4 heterocycles. The van der Waals surface area contributed by atoms with E-state index in [0.29, 0.717) is 0 Å². The first kappa shape index (κ1) is 28.1. The van der Waals surface area contributed by atoms with Crippen molar-refractivity contribution in [3.05, 3.63) is 164 Å². The van der Waals surface area contributed by atoms with Crippen LogP contribution in [0.5, 0.6) is 0 Å². The van der Waals surface area contributed by atoms with Crippen LogP contribution < -0.4 is 0 Å². The standard InChI is InChI=1S/C48H27NO2S/c1-4-14-39-31(9-1)37-25-28(29-20-24-42-38(26-29)32-10-2-5-15-41(32)50-42)19-23-40(37)49(39)30-21-22-35-44(27-30)51-43-16-7-12-33(47(35)43)34-13-8-18-46-48(34)36-11-3-6-17-45(36)52-46/h1-27H. The van der Waals surface area contributed by atoms with Gasteiger partial charge in [0.1, 0.15) is 22.3 Å². The summed E-state index contributed by atoms with van der Waals surface area (Å²) in [5, 5.41) is 9.60. The summed E-state index contributed by atoms with van der Waals surface area (Å²) in [7, 11) is 0. The summed E-state index contributed by atoms with van der Waals surface area (Å²) in [5.41, 5.74) is 11.8. The van der Waals surface area contributed by atoms with Crippen LogP contribution in [0.15, 0.2) is 173 Å². The SMILES string of the molecule is c1ccc2c(c1)oc1ccc(-c3ccc4c(c3)c3ccccc3n4-c3ccc4c(c3)oc3cccc(-c5cccc6sc7ccccc7c56)c34)cc12. The largest absolute Gasteiger partial charge is 0.456 e. The zero-order valence-corrected chi connectivity index (χ0v) is 28.6. The van der Waals surface area contributed by atoms with Crippen LogP contribution in [0, 0.1) is 0 Å². The Bertz CT molecular complexity index is 3430. The number of hydrogen-bond acceptors (Lipinski definition) is 3. The van der Waals surface area contributed by atoms with E-state index in [1.54, 1.807) is 0 Å². The molecular formula is C48H27NO2S. The smallest absolute Gasteiger partial charge is 0.137 e. The lowest BCUT2D eigenvalue weighted by Gasteiger charge is -2.09. The number of furan rings is 2. The fraction of sp³-hybridized carbons (Fsp3) is 0. The molecule has 0 fully saturated rings. The van der Waals surface area contributed by atoms with Gasteiger partial charge in [0.25, 0.3) is 0 Å². The van der Waals surface area contributed by atoms with Crippen LogP contribution in [0.3, 0.4) is 0 Å². The predicted molar refractivity (Wildman–Crippen MR) is 219 cm³/mol. The molecule has 0 saturated carbocycles. The molecule has 0 aliphatic rings. The molecule has 0 bridgehead atoms. The molecule has 0 aliphatic carbocycles. The molecule has 0 unspecified atom stereocenters. The lowest BCUT2D eigenvalue weighted by Crippen LogP contribution is -1.93. The zero-order chi connectivity index (χ0) is 33.9. The molecule has 4 heteroatoms. The second-order valence-corrected chi connectivity index (χ2v) is 14.7. The first-order valence-electron chi connectivity index (χ1n) is 17.6. The monoisotopic (exact) mass is 681 g/mol. The number of thiophene rings is 1. The average Bonchev–Trinajstić information content (AvgIpc) is 3.95. The second-order valence-electron chi connectivity index (χ2n) is 13.6. The van der Waals surface area contributed by atoms with Crippen molar-refractivity contribution in [3.8, 4) is 27.9 Å². The average molecular weight is 682 g/mol. The molecule has 12 aromatic rings. The van der Waals surface area contributed by atoms with Crippen LogP contribution in [0.25, 0.3) is 114 Å². The van der Waals surface area contributed by atoms with Crippen LogP contribution in [-0.2, 0) is 0 Å². The fourth-order valence-electron chi connectivity index (χ4n) is 8.51. The van der Waals surface area contributed by atoms with E-state index in [1.165, 1.54) is 53.2 Å². The lowest BCUT2D eigenvalue weighted by molar-refractivity contribution is 0.668. The van der Waals surface area contributed by atoms with Crippen molar-refractivity contribution in [2.75, 3.05) is 0 Å². The summed E-state index contributed by atoms with van der Waals surface area (Å²) >= 11 is 1.85. The summed E-state index contributed by atoms with van der Waals surface area (Å²) in [6.45, 7) is 0. The predicted octanol–water partition coefficient (Wildman–Crippen LogP) is 14.3. The van der Waals surface area contributed by atoms with Crippen LogP contribution in [0.1, 0.15) is 0 Å². The highest BCUT2D eigenvalue weighted by Gasteiger charge is 2.19. The van der Waals surface area contributed by atoms with Gasteiger partial charge in [-0.1, -0.05) is 91.0 Å². The highest BCUT2D eigenvalue weighted by Crippen LogP contribution is 2.45. The molecule has 0 amide bonds. The van der Waals surface area contributed by atoms with Crippen LogP contribution in [0.4, 0.5) is 0 Å². The minimum Gasteiger partial charge on any atom is -0.456 e.